The summed E-state index contributed by atoms with van der Waals surface area (Å²) in [5, 5.41) is 11.1. The van der Waals surface area contributed by atoms with Crippen LogP contribution in [0.1, 0.15) is 5.69 Å². The van der Waals surface area contributed by atoms with E-state index < -0.39 is 0 Å². The maximum absolute atomic E-state index is 5.14. The maximum Gasteiger partial charge on any atom is 0.235 e. The number of hydrogen-bond donors (Lipinski definition) is 0. The lowest BCUT2D eigenvalue weighted by molar-refractivity contribution is 0.991. The van der Waals surface area contributed by atoms with E-state index in [-0.39, 0.29) is 0 Å². The largest absolute Gasteiger partial charge is 0.307 e. The Kier molecular flexibility index (Phi) is 3.84. The van der Waals surface area contributed by atoms with Crippen molar-refractivity contribution in [2.24, 2.45) is 0 Å². The quantitative estimate of drug-likeness (QED) is 0.215. The molecule has 0 aliphatic rings. The molecule has 4 heteroatoms. The summed E-state index contributed by atoms with van der Waals surface area (Å²) in [4.78, 5) is 10.3. The lowest BCUT2D eigenvalue weighted by Gasteiger charge is -2.10. The van der Waals surface area contributed by atoms with Crippen LogP contribution in [-0.2, 0) is 0 Å². The Labute approximate surface area is 234 Å². The number of fused-ring (bicyclic) bond motifs is 13. The summed E-state index contributed by atoms with van der Waals surface area (Å²) in [6.45, 7) is 2.08. The lowest BCUT2D eigenvalue weighted by Crippen LogP contribution is -2.03. The minimum atomic E-state index is 0.708. The molecule has 0 bridgehead atoms. The van der Waals surface area contributed by atoms with Crippen LogP contribution >= 0.6 is 0 Å². The zero-order valence-corrected chi connectivity index (χ0v) is 22.3. The van der Waals surface area contributed by atoms with Crippen molar-refractivity contribution >= 4 is 81.6 Å². The van der Waals surface area contributed by atoms with E-state index in [1.807, 2.05) is 6.07 Å². The summed E-state index contributed by atoms with van der Waals surface area (Å²) in [6, 6.07) is 41.5. The third-order valence-corrected chi connectivity index (χ3v) is 8.97. The van der Waals surface area contributed by atoms with Crippen LogP contribution in [0.15, 0.2) is 115 Å². The molecule has 41 heavy (non-hydrogen) atoms. The van der Waals surface area contributed by atoms with E-state index in [9.17, 15) is 0 Å². The Balaban J connectivity index is 1.54. The molecule has 190 valence electrons. The molecular weight excluding hydrogens is 500 g/mol. The smallest absolute Gasteiger partial charge is 0.235 e. The molecule has 0 radical (unpaired) electrons. The molecule has 0 saturated heterocycles. The molecule has 0 aliphatic heterocycles. The topological polar surface area (TPSA) is 35.1 Å². The summed E-state index contributed by atoms with van der Waals surface area (Å²) in [6.07, 6.45) is 0. The third kappa shape index (κ3) is 2.56. The fraction of sp³-hybridized carbons (Fsp3) is 0.0270. The molecule has 4 aromatic heterocycles. The molecule has 0 amide bonds. The highest BCUT2D eigenvalue weighted by atomic mass is 15.2. The van der Waals surface area contributed by atoms with E-state index >= 15 is 0 Å². The van der Waals surface area contributed by atoms with Gasteiger partial charge < -0.3 is 4.40 Å². The number of nitrogens with zero attached hydrogens (tertiary/aromatic N) is 4. The molecule has 6 aromatic carbocycles. The van der Waals surface area contributed by atoms with Gasteiger partial charge in [0, 0.05) is 43.1 Å². The fourth-order valence-electron chi connectivity index (χ4n) is 7.28. The Bertz CT molecular complexity index is 2710. The van der Waals surface area contributed by atoms with Crippen LogP contribution in [0.2, 0.25) is 0 Å². The van der Waals surface area contributed by atoms with Crippen molar-refractivity contribution in [2.45, 2.75) is 6.92 Å². The number of para-hydroxylation sites is 3. The van der Waals surface area contributed by atoms with Gasteiger partial charge in [-0.15, -0.1) is 0 Å². The number of hydrogen-bond acceptors (Lipinski definition) is 2. The van der Waals surface area contributed by atoms with Crippen molar-refractivity contribution in [3.63, 3.8) is 0 Å². The van der Waals surface area contributed by atoms with E-state index in [1.165, 1.54) is 59.6 Å². The Hall–Kier alpha value is -5.48. The first-order chi connectivity index (χ1) is 20.3. The molecule has 4 nitrogen and oxygen atoms in total. The molecule has 10 rings (SSSR count). The van der Waals surface area contributed by atoms with Gasteiger partial charge in [0.15, 0.2) is 0 Å². The summed E-state index contributed by atoms with van der Waals surface area (Å²) < 4.78 is 4.79. The zero-order chi connectivity index (χ0) is 26.8. The molecule has 0 fully saturated rings. The predicted molar refractivity (Wildman–Crippen MR) is 171 cm³/mol. The predicted octanol–water partition coefficient (Wildman–Crippen LogP) is 9.34. The Morgan fingerprint density at radius 1 is 0.488 bits per heavy atom. The fourth-order valence-corrected chi connectivity index (χ4v) is 7.28. The first kappa shape index (κ1) is 21.4. The second kappa shape index (κ2) is 7.38. The van der Waals surface area contributed by atoms with Crippen molar-refractivity contribution in [1.82, 2.24) is 18.9 Å². The van der Waals surface area contributed by atoms with Crippen molar-refractivity contribution in [3.8, 4) is 5.95 Å². The average Bonchev–Trinajstić information content (AvgIpc) is 3.65. The normalized spacial score (nSPS) is 12.5. The van der Waals surface area contributed by atoms with Crippen LogP contribution in [0.4, 0.5) is 0 Å². The maximum atomic E-state index is 5.14. The minimum absolute atomic E-state index is 0.708. The van der Waals surface area contributed by atoms with E-state index in [2.05, 4.69) is 125 Å². The van der Waals surface area contributed by atoms with Gasteiger partial charge >= 0.3 is 0 Å². The van der Waals surface area contributed by atoms with Crippen molar-refractivity contribution in [1.29, 1.82) is 0 Å². The van der Waals surface area contributed by atoms with Gasteiger partial charge in [-0.2, -0.15) is 0 Å². The zero-order valence-electron chi connectivity index (χ0n) is 22.3. The van der Waals surface area contributed by atoms with Gasteiger partial charge in [-0.05, 0) is 36.6 Å². The minimum Gasteiger partial charge on any atom is -0.307 e. The highest BCUT2D eigenvalue weighted by Crippen LogP contribution is 2.47. The Morgan fingerprint density at radius 2 is 1.15 bits per heavy atom. The highest BCUT2D eigenvalue weighted by Gasteiger charge is 2.25. The van der Waals surface area contributed by atoms with Gasteiger partial charge in [-0.3, -0.25) is 4.57 Å². The molecule has 0 atom stereocenters. The second-order valence-corrected chi connectivity index (χ2v) is 11.1. The summed E-state index contributed by atoms with van der Waals surface area (Å²) in [5.74, 6) is 0.708. The van der Waals surface area contributed by atoms with Crippen LogP contribution in [0.5, 0.6) is 0 Å². The molecule has 0 spiro atoms. The molecular formula is C37H22N4. The van der Waals surface area contributed by atoms with Crippen molar-refractivity contribution in [2.75, 3.05) is 0 Å². The van der Waals surface area contributed by atoms with Crippen LogP contribution < -0.4 is 0 Å². The SMILES string of the molecule is Cc1nc(-n2c3ccccc3c3cc4c5ccccc5n5c6c7ccccc7ccc6c(c32)c45)nc2ccccc12. The number of rotatable bonds is 1. The first-order valence-electron chi connectivity index (χ1n) is 14.0. The van der Waals surface area contributed by atoms with Crippen LogP contribution in [0.3, 0.4) is 0 Å². The Morgan fingerprint density at radius 3 is 2.00 bits per heavy atom. The van der Waals surface area contributed by atoms with Crippen molar-refractivity contribution in [3.05, 3.63) is 121 Å². The third-order valence-electron chi connectivity index (χ3n) is 8.97. The monoisotopic (exact) mass is 522 g/mol. The average molecular weight is 523 g/mol. The molecule has 0 aliphatic carbocycles. The lowest BCUT2D eigenvalue weighted by atomic mass is 10.0. The van der Waals surface area contributed by atoms with Crippen molar-refractivity contribution < 1.29 is 0 Å². The molecule has 0 unspecified atom stereocenters. The van der Waals surface area contributed by atoms with Crippen LogP contribution in [-0.4, -0.2) is 18.9 Å². The van der Waals surface area contributed by atoms with E-state index in [1.54, 1.807) is 0 Å². The van der Waals surface area contributed by atoms with E-state index in [4.69, 9.17) is 9.97 Å². The number of aryl methyl sites for hydroxylation is 1. The standard InChI is InChI=1S/C37H22N4/c1-21-23-11-4-7-15-30(23)39-37(38-21)41-32-17-9-6-14-26(32)29-20-28-25-13-5-8-16-31(25)40-34-24-12-3-2-10-22(24)18-19-27(34)33(35(28)40)36(29)41/h2-20H,1H3. The van der Waals surface area contributed by atoms with Gasteiger partial charge in [-0.25, -0.2) is 9.97 Å². The molecule has 0 saturated carbocycles. The van der Waals surface area contributed by atoms with Gasteiger partial charge in [0.25, 0.3) is 0 Å². The summed E-state index contributed by atoms with van der Waals surface area (Å²) in [5.41, 5.74) is 7.96. The van der Waals surface area contributed by atoms with Crippen LogP contribution in [0.25, 0.3) is 87.5 Å². The second-order valence-electron chi connectivity index (χ2n) is 11.1. The highest BCUT2D eigenvalue weighted by molar-refractivity contribution is 6.36. The number of benzene rings is 6. The van der Waals surface area contributed by atoms with Gasteiger partial charge in [0.1, 0.15) is 0 Å². The summed E-state index contributed by atoms with van der Waals surface area (Å²) in [7, 11) is 0. The van der Waals surface area contributed by atoms with Gasteiger partial charge in [0.05, 0.1) is 38.8 Å². The van der Waals surface area contributed by atoms with Crippen LogP contribution in [0, 0.1) is 6.92 Å². The van der Waals surface area contributed by atoms with Gasteiger partial charge in [-0.1, -0.05) is 91.0 Å². The van der Waals surface area contributed by atoms with E-state index in [0.717, 1.165) is 27.6 Å². The number of aromatic nitrogens is 4. The van der Waals surface area contributed by atoms with Gasteiger partial charge in [0.2, 0.25) is 5.95 Å². The molecule has 4 heterocycles. The molecule has 0 N–H and O–H groups in total. The summed E-state index contributed by atoms with van der Waals surface area (Å²) >= 11 is 0. The molecule has 10 aromatic rings. The van der Waals surface area contributed by atoms with E-state index in [0.29, 0.717) is 5.95 Å². The first-order valence-corrected chi connectivity index (χ1v) is 14.0.